The molecule has 0 unspecified atom stereocenters. The van der Waals surface area contributed by atoms with Gasteiger partial charge in [-0.25, -0.2) is 18.6 Å². The number of ether oxygens (including phenoxy) is 2. The van der Waals surface area contributed by atoms with Crippen molar-refractivity contribution in [3.05, 3.63) is 94.4 Å². The van der Waals surface area contributed by atoms with Crippen molar-refractivity contribution in [2.45, 2.75) is 45.1 Å². The summed E-state index contributed by atoms with van der Waals surface area (Å²) >= 11 is 0.983. The maximum atomic E-state index is 14.6. The molecule has 2 aromatic heterocycles. The minimum absolute atomic E-state index is 0.0437. The molecule has 1 amide bonds. The Bertz CT molecular complexity index is 1490. The summed E-state index contributed by atoms with van der Waals surface area (Å²) in [6.07, 6.45) is 11.4. The molecule has 0 atom stereocenters. The van der Waals surface area contributed by atoms with Crippen molar-refractivity contribution in [2.24, 2.45) is 5.73 Å². The molecule has 7 nitrogen and oxygen atoms in total. The van der Waals surface area contributed by atoms with Gasteiger partial charge in [0.15, 0.2) is 0 Å². The van der Waals surface area contributed by atoms with Gasteiger partial charge >= 0.3 is 5.97 Å². The molecule has 1 aliphatic carbocycles. The Morgan fingerprint density at radius 2 is 1.81 bits per heavy atom. The first-order valence-corrected chi connectivity index (χ1v) is 14.5. The zero-order valence-electron chi connectivity index (χ0n) is 24.4. The van der Waals surface area contributed by atoms with Crippen LogP contribution in [0.3, 0.4) is 0 Å². The molecular formula is C32H37F2N3O4S. The number of thiophene rings is 1. The Kier molecular flexibility index (Phi) is 11.9. The zero-order chi connectivity index (χ0) is 30.8. The number of carbonyl (C=O) groups is 2. The number of carbonyl (C=O) groups excluding carboxylic acids is 2. The first kappa shape index (κ1) is 32.6. The highest BCUT2D eigenvalue weighted by atomic mass is 32.1. The van der Waals surface area contributed by atoms with E-state index in [9.17, 15) is 18.4 Å². The Hall–Kier alpha value is -3.89. The highest BCUT2D eigenvalue weighted by Crippen LogP contribution is 2.36. The smallest absolute Gasteiger partial charge is 0.356 e. The Morgan fingerprint density at radius 1 is 1.12 bits per heavy atom. The second-order valence-electron chi connectivity index (χ2n) is 9.61. The van der Waals surface area contributed by atoms with Crippen molar-refractivity contribution in [3.63, 3.8) is 0 Å². The number of esters is 1. The fraction of sp³-hybridized carbons (Fsp3) is 0.344. The van der Waals surface area contributed by atoms with Crippen LogP contribution in [0.5, 0.6) is 0 Å². The monoisotopic (exact) mass is 597 g/mol. The molecule has 0 radical (unpaired) electrons. The first-order valence-electron chi connectivity index (χ1n) is 13.7. The van der Waals surface area contributed by atoms with Crippen molar-refractivity contribution in [3.8, 4) is 0 Å². The third-order valence-electron chi connectivity index (χ3n) is 7.14. The van der Waals surface area contributed by atoms with E-state index in [1.165, 1.54) is 27.5 Å². The molecule has 0 saturated heterocycles. The fourth-order valence-electron chi connectivity index (χ4n) is 5.06. The molecule has 224 valence electrons. The van der Waals surface area contributed by atoms with Gasteiger partial charge in [0.25, 0.3) is 5.91 Å². The maximum absolute atomic E-state index is 14.6. The second kappa shape index (κ2) is 15.4. The number of rotatable bonds is 9. The number of halogens is 2. The standard InChI is InChI=1S/C31H32F2N2O4S.CH5N/c1-5-9-20(21-14-15-34-26(17-21)31(37)39-4)16-23(38-3)18-35(22-10-7-6-8-11-22)30(36)28-19(2)27-24(32)12-13-25(33)29(27)40-28;1-2/h5,9,12-17,22H,1,6-8,10-11,18H2,2-4H3;2H2,1H3/b20-9+,23-16-;. The van der Waals surface area contributed by atoms with E-state index in [0.717, 1.165) is 55.6 Å². The maximum Gasteiger partial charge on any atom is 0.356 e. The van der Waals surface area contributed by atoms with E-state index in [0.29, 0.717) is 27.3 Å². The van der Waals surface area contributed by atoms with Crippen LogP contribution in [0.15, 0.2) is 61.0 Å². The largest absolute Gasteiger partial charge is 0.499 e. The van der Waals surface area contributed by atoms with Crippen LogP contribution in [-0.2, 0) is 9.47 Å². The van der Waals surface area contributed by atoms with Gasteiger partial charge in [-0.05, 0) is 73.9 Å². The summed E-state index contributed by atoms with van der Waals surface area (Å²) in [4.78, 5) is 32.2. The van der Waals surface area contributed by atoms with Gasteiger partial charge in [-0.2, -0.15) is 0 Å². The van der Waals surface area contributed by atoms with Crippen molar-refractivity contribution in [1.82, 2.24) is 9.88 Å². The lowest BCUT2D eigenvalue weighted by molar-refractivity contribution is 0.0592. The van der Waals surface area contributed by atoms with Crippen LogP contribution in [0.1, 0.15) is 63.4 Å². The lowest BCUT2D eigenvalue weighted by Crippen LogP contribution is -2.42. The van der Waals surface area contributed by atoms with Crippen LogP contribution < -0.4 is 5.73 Å². The van der Waals surface area contributed by atoms with Crippen LogP contribution >= 0.6 is 11.3 Å². The molecule has 1 aliphatic rings. The van der Waals surface area contributed by atoms with Crippen molar-refractivity contribution < 1.29 is 27.8 Å². The van der Waals surface area contributed by atoms with Crippen LogP contribution in [0.25, 0.3) is 15.7 Å². The number of amides is 1. The minimum Gasteiger partial charge on any atom is -0.499 e. The zero-order valence-corrected chi connectivity index (χ0v) is 25.2. The Balaban J connectivity index is 0.00000237. The molecule has 2 N–H and O–H groups in total. The second-order valence-corrected chi connectivity index (χ2v) is 10.6. The molecule has 10 heteroatoms. The quantitative estimate of drug-likeness (QED) is 0.165. The van der Waals surface area contributed by atoms with Crippen LogP contribution in [0.4, 0.5) is 8.78 Å². The van der Waals surface area contributed by atoms with Gasteiger partial charge in [-0.1, -0.05) is 38.0 Å². The molecule has 42 heavy (non-hydrogen) atoms. The van der Waals surface area contributed by atoms with E-state index in [2.05, 4.69) is 17.3 Å². The Morgan fingerprint density at radius 3 is 2.43 bits per heavy atom. The average molecular weight is 598 g/mol. The molecule has 0 spiro atoms. The summed E-state index contributed by atoms with van der Waals surface area (Å²) < 4.78 is 39.9. The molecule has 1 fully saturated rings. The number of nitrogens with zero attached hydrogens (tertiary/aromatic N) is 2. The lowest BCUT2D eigenvalue weighted by atomic mass is 9.93. The van der Waals surface area contributed by atoms with Crippen molar-refractivity contribution in [1.29, 1.82) is 0 Å². The number of benzene rings is 1. The molecular weight excluding hydrogens is 560 g/mol. The van der Waals surface area contributed by atoms with E-state index in [-0.39, 0.29) is 34.3 Å². The molecule has 1 aromatic carbocycles. The van der Waals surface area contributed by atoms with Crippen LogP contribution in [0, 0.1) is 18.6 Å². The fourth-order valence-corrected chi connectivity index (χ4v) is 6.24. The number of hydrogen-bond donors (Lipinski definition) is 1. The SMILES string of the molecule is C=C/C=C(\C=C(\CN(C(=O)c1sc2c(F)ccc(F)c2c1C)C1CCCCC1)OC)c1ccnc(C(=O)OC)c1.CN. The van der Waals surface area contributed by atoms with Gasteiger partial charge in [0.2, 0.25) is 0 Å². The molecule has 0 aliphatic heterocycles. The normalized spacial score (nSPS) is 14.2. The van der Waals surface area contributed by atoms with Gasteiger partial charge in [0.05, 0.1) is 30.3 Å². The van der Waals surface area contributed by atoms with E-state index >= 15 is 0 Å². The topological polar surface area (TPSA) is 94.8 Å². The summed E-state index contributed by atoms with van der Waals surface area (Å²) in [6, 6.07) is 5.50. The number of aryl methyl sites for hydroxylation is 1. The third kappa shape index (κ3) is 7.30. The number of aromatic nitrogens is 1. The van der Waals surface area contributed by atoms with Crippen molar-refractivity contribution >= 4 is 38.9 Å². The summed E-state index contributed by atoms with van der Waals surface area (Å²) in [7, 11) is 4.32. The predicted octanol–water partition coefficient (Wildman–Crippen LogP) is 6.82. The molecule has 4 rings (SSSR count). The number of allylic oxidation sites excluding steroid dienone is 4. The number of pyridine rings is 1. The summed E-state index contributed by atoms with van der Waals surface area (Å²) in [5.41, 5.74) is 6.47. The highest BCUT2D eigenvalue weighted by Gasteiger charge is 2.31. The number of methoxy groups -OCH3 is 2. The predicted molar refractivity (Wildman–Crippen MR) is 163 cm³/mol. The van der Waals surface area contributed by atoms with E-state index in [1.807, 2.05) is 0 Å². The number of nitrogens with two attached hydrogens (primary N) is 1. The highest BCUT2D eigenvalue weighted by molar-refractivity contribution is 7.21. The number of fused-ring (bicyclic) bond motifs is 1. The molecule has 2 heterocycles. The van der Waals surface area contributed by atoms with Gasteiger partial charge in [0, 0.05) is 17.6 Å². The van der Waals surface area contributed by atoms with Gasteiger partial charge in [-0.15, -0.1) is 11.3 Å². The lowest BCUT2D eigenvalue weighted by Gasteiger charge is -2.34. The molecule has 3 aromatic rings. The average Bonchev–Trinajstić information content (AvgIpc) is 3.39. The summed E-state index contributed by atoms with van der Waals surface area (Å²) in [5, 5.41) is 0.148. The van der Waals surface area contributed by atoms with Crippen LogP contribution in [0.2, 0.25) is 0 Å². The third-order valence-corrected chi connectivity index (χ3v) is 8.43. The van der Waals surface area contributed by atoms with Gasteiger partial charge in [-0.3, -0.25) is 4.79 Å². The molecule has 0 bridgehead atoms. The van der Waals surface area contributed by atoms with E-state index < -0.39 is 17.6 Å². The minimum atomic E-state index is -0.559. The first-order chi connectivity index (χ1) is 20.3. The summed E-state index contributed by atoms with van der Waals surface area (Å²) in [5.74, 6) is -1.43. The van der Waals surface area contributed by atoms with E-state index in [4.69, 9.17) is 9.47 Å². The summed E-state index contributed by atoms with van der Waals surface area (Å²) in [6.45, 7) is 5.62. The Labute approximate surface area is 249 Å². The van der Waals surface area contributed by atoms with E-state index in [1.54, 1.807) is 42.2 Å². The van der Waals surface area contributed by atoms with Gasteiger partial charge < -0.3 is 20.1 Å². The number of hydrogen-bond acceptors (Lipinski definition) is 7. The van der Waals surface area contributed by atoms with Crippen LogP contribution in [-0.4, -0.2) is 55.6 Å². The van der Waals surface area contributed by atoms with Gasteiger partial charge in [0.1, 0.15) is 23.1 Å². The molecule has 1 saturated carbocycles. The van der Waals surface area contributed by atoms with Crippen molar-refractivity contribution in [2.75, 3.05) is 27.8 Å².